The van der Waals surface area contributed by atoms with Gasteiger partial charge in [0.05, 0.1) is 11.5 Å². The summed E-state index contributed by atoms with van der Waals surface area (Å²) in [6.45, 7) is 3.03. The Bertz CT molecular complexity index is 513. The first-order valence-electron chi connectivity index (χ1n) is 8.09. The number of benzene rings is 1. The number of hydrogen-bond donors (Lipinski definition) is 1. The first-order chi connectivity index (χ1) is 10.1. The van der Waals surface area contributed by atoms with E-state index in [-0.39, 0.29) is 5.92 Å². The molecule has 0 amide bonds. The third kappa shape index (κ3) is 5.44. The minimum absolute atomic E-state index is 0.285. The second kappa shape index (κ2) is 7.95. The maximum Gasteiger partial charge on any atom is 0.150 e. The first kappa shape index (κ1) is 16.5. The SMILES string of the molecule is CCCCCC(NCC1CCS(=O)(=O)C1)c1ccccc1. The highest BCUT2D eigenvalue weighted by molar-refractivity contribution is 7.91. The number of nitrogens with one attached hydrogen (secondary N) is 1. The molecule has 0 spiro atoms. The van der Waals surface area contributed by atoms with E-state index in [2.05, 4.69) is 36.5 Å². The second-order valence-corrected chi connectivity index (χ2v) is 8.37. The van der Waals surface area contributed by atoms with Crippen LogP contribution in [0.3, 0.4) is 0 Å². The van der Waals surface area contributed by atoms with E-state index in [4.69, 9.17) is 0 Å². The predicted octanol–water partition coefficient (Wildman–Crippen LogP) is 3.33. The monoisotopic (exact) mass is 309 g/mol. The van der Waals surface area contributed by atoms with Crippen LogP contribution in [0.2, 0.25) is 0 Å². The second-order valence-electron chi connectivity index (χ2n) is 6.14. The summed E-state index contributed by atoms with van der Waals surface area (Å²) in [6.07, 6.45) is 5.63. The molecule has 1 aliphatic rings. The molecule has 1 aliphatic heterocycles. The third-order valence-corrected chi connectivity index (χ3v) is 6.11. The van der Waals surface area contributed by atoms with Crippen molar-refractivity contribution >= 4 is 9.84 Å². The number of hydrogen-bond acceptors (Lipinski definition) is 3. The molecular formula is C17H27NO2S. The maximum absolute atomic E-state index is 11.5. The van der Waals surface area contributed by atoms with Crippen molar-refractivity contribution in [3.8, 4) is 0 Å². The van der Waals surface area contributed by atoms with Crippen LogP contribution in [0, 0.1) is 5.92 Å². The molecule has 1 aromatic carbocycles. The van der Waals surface area contributed by atoms with Crippen molar-refractivity contribution in [2.24, 2.45) is 5.92 Å². The van der Waals surface area contributed by atoms with Gasteiger partial charge < -0.3 is 5.32 Å². The molecule has 0 saturated carbocycles. The fourth-order valence-electron chi connectivity index (χ4n) is 3.01. The lowest BCUT2D eigenvalue weighted by Gasteiger charge is -2.21. The highest BCUT2D eigenvalue weighted by Crippen LogP contribution is 2.22. The van der Waals surface area contributed by atoms with Gasteiger partial charge in [-0.25, -0.2) is 8.42 Å². The molecule has 21 heavy (non-hydrogen) atoms. The predicted molar refractivity (Wildman–Crippen MR) is 88.1 cm³/mol. The molecule has 4 heteroatoms. The molecule has 0 aromatic heterocycles. The molecular weight excluding hydrogens is 282 g/mol. The fourth-order valence-corrected chi connectivity index (χ4v) is 4.87. The Morgan fingerprint density at radius 3 is 2.62 bits per heavy atom. The van der Waals surface area contributed by atoms with E-state index in [1.54, 1.807) is 0 Å². The van der Waals surface area contributed by atoms with Crippen molar-refractivity contribution in [2.45, 2.75) is 45.1 Å². The molecule has 118 valence electrons. The Kier molecular flexibility index (Phi) is 6.24. The van der Waals surface area contributed by atoms with Crippen molar-refractivity contribution in [3.05, 3.63) is 35.9 Å². The van der Waals surface area contributed by atoms with Crippen LogP contribution >= 0.6 is 0 Å². The Morgan fingerprint density at radius 2 is 2.00 bits per heavy atom. The lowest BCUT2D eigenvalue weighted by atomic mass is 9.99. The first-order valence-corrected chi connectivity index (χ1v) is 9.91. The molecule has 1 saturated heterocycles. The number of sulfone groups is 1. The van der Waals surface area contributed by atoms with Crippen molar-refractivity contribution < 1.29 is 8.42 Å². The number of rotatable bonds is 8. The lowest BCUT2D eigenvalue weighted by Crippen LogP contribution is -2.28. The van der Waals surface area contributed by atoms with Crippen molar-refractivity contribution in [3.63, 3.8) is 0 Å². The Labute approximate surface area is 129 Å². The van der Waals surface area contributed by atoms with E-state index in [0.717, 1.165) is 19.4 Å². The molecule has 1 N–H and O–H groups in total. The van der Waals surface area contributed by atoms with Gasteiger partial charge in [0.15, 0.2) is 9.84 Å². The minimum Gasteiger partial charge on any atom is -0.310 e. The van der Waals surface area contributed by atoms with Gasteiger partial charge in [-0.15, -0.1) is 0 Å². The van der Waals surface area contributed by atoms with Gasteiger partial charge in [-0.1, -0.05) is 56.5 Å². The van der Waals surface area contributed by atoms with Crippen LogP contribution in [-0.4, -0.2) is 26.5 Å². The van der Waals surface area contributed by atoms with Crippen LogP contribution in [0.5, 0.6) is 0 Å². The van der Waals surface area contributed by atoms with Gasteiger partial charge in [-0.05, 0) is 30.9 Å². The Morgan fingerprint density at radius 1 is 1.24 bits per heavy atom. The van der Waals surface area contributed by atoms with Gasteiger partial charge >= 0.3 is 0 Å². The van der Waals surface area contributed by atoms with E-state index in [9.17, 15) is 8.42 Å². The van der Waals surface area contributed by atoms with Crippen LogP contribution in [0.15, 0.2) is 30.3 Å². The third-order valence-electron chi connectivity index (χ3n) is 4.28. The normalized spacial score (nSPS) is 22.2. The van der Waals surface area contributed by atoms with Crippen LogP contribution in [-0.2, 0) is 9.84 Å². The Balaban J connectivity index is 1.90. The summed E-state index contributed by atoms with van der Waals surface area (Å²) in [4.78, 5) is 0. The lowest BCUT2D eigenvalue weighted by molar-refractivity contribution is 0.427. The number of unbranched alkanes of at least 4 members (excludes halogenated alkanes) is 2. The zero-order chi connectivity index (χ0) is 15.1. The van der Waals surface area contributed by atoms with Gasteiger partial charge in [0.2, 0.25) is 0 Å². The molecule has 1 aromatic rings. The van der Waals surface area contributed by atoms with Crippen molar-refractivity contribution in [1.82, 2.24) is 5.32 Å². The van der Waals surface area contributed by atoms with Gasteiger partial charge in [0, 0.05) is 6.04 Å². The molecule has 2 rings (SSSR count). The summed E-state index contributed by atoms with van der Waals surface area (Å²) < 4.78 is 23.1. The van der Waals surface area contributed by atoms with Crippen LogP contribution in [0.4, 0.5) is 0 Å². The van der Waals surface area contributed by atoms with E-state index in [1.165, 1.54) is 24.8 Å². The van der Waals surface area contributed by atoms with Crippen LogP contribution < -0.4 is 5.32 Å². The van der Waals surface area contributed by atoms with Crippen LogP contribution in [0.25, 0.3) is 0 Å². The van der Waals surface area contributed by atoms with Gasteiger partial charge in [-0.2, -0.15) is 0 Å². The van der Waals surface area contributed by atoms with Gasteiger partial charge in [0.25, 0.3) is 0 Å². The topological polar surface area (TPSA) is 46.2 Å². The van der Waals surface area contributed by atoms with E-state index >= 15 is 0 Å². The highest BCUT2D eigenvalue weighted by Gasteiger charge is 2.28. The molecule has 2 atom stereocenters. The standard InChI is InChI=1S/C17H27NO2S/c1-2-3-5-10-17(16-8-6-4-7-9-16)18-13-15-11-12-21(19,20)14-15/h4,6-9,15,17-18H,2-3,5,10-14H2,1H3. The van der Waals surface area contributed by atoms with E-state index in [1.807, 2.05) is 6.07 Å². The molecule has 3 nitrogen and oxygen atoms in total. The molecule has 1 fully saturated rings. The van der Waals surface area contributed by atoms with Crippen LogP contribution in [0.1, 0.15) is 50.6 Å². The minimum atomic E-state index is -2.77. The highest BCUT2D eigenvalue weighted by atomic mass is 32.2. The zero-order valence-corrected chi connectivity index (χ0v) is 13.7. The molecule has 0 radical (unpaired) electrons. The van der Waals surface area contributed by atoms with E-state index < -0.39 is 9.84 Å². The summed E-state index contributed by atoms with van der Waals surface area (Å²) in [5.74, 6) is 1.01. The average Bonchev–Trinajstić information content (AvgIpc) is 2.83. The fraction of sp³-hybridized carbons (Fsp3) is 0.647. The smallest absolute Gasteiger partial charge is 0.150 e. The summed E-state index contributed by atoms with van der Waals surface area (Å²) >= 11 is 0. The molecule has 0 bridgehead atoms. The maximum atomic E-state index is 11.5. The van der Waals surface area contributed by atoms with Crippen molar-refractivity contribution in [1.29, 1.82) is 0 Å². The summed E-state index contributed by atoms with van der Waals surface area (Å²) in [6, 6.07) is 10.9. The van der Waals surface area contributed by atoms with E-state index in [0.29, 0.717) is 17.5 Å². The van der Waals surface area contributed by atoms with Gasteiger partial charge in [-0.3, -0.25) is 0 Å². The summed E-state index contributed by atoms with van der Waals surface area (Å²) in [7, 11) is -2.77. The van der Waals surface area contributed by atoms with Crippen molar-refractivity contribution in [2.75, 3.05) is 18.1 Å². The van der Waals surface area contributed by atoms with Gasteiger partial charge in [0.1, 0.15) is 0 Å². The molecule has 0 aliphatic carbocycles. The molecule has 1 heterocycles. The largest absolute Gasteiger partial charge is 0.310 e. The summed E-state index contributed by atoms with van der Waals surface area (Å²) in [5.41, 5.74) is 1.31. The molecule has 2 unspecified atom stereocenters. The summed E-state index contributed by atoms with van der Waals surface area (Å²) in [5, 5.41) is 3.61. The average molecular weight is 309 g/mol. The quantitative estimate of drug-likeness (QED) is 0.749. The zero-order valence-electron chi connectivity index (χ0n) is 12.9. The Hall–Kier alpha value is -0.870.